The minimum atomic E-state index is -0.324. The standard InChI is InChI=1S/C23H30N3O2S/c1-6-14-25(15-7-2)22-13-10-18(29-22)9-12-21-23(3,4)19-16-17(26(27)28)8-11-20(19)24(21)5/h8-13,16H,6-7,14-15H2,1-5H3/q+1. The monoisotopic (exact) mass is 412 g/mol. The molecule has 1 aromatic heterocycles. The lowest BCUT2D eigenvalue weighted by Gasteiger charge is -2.21. The molecule has 0 aliphatic carbocycles. The maximum absolute atomic E-state index is 11.2. The van der Waals surface area contributed by atoms with Crippen molar-refractivity contribution in [1.29, 1.82) is 0 Å². The molecule has 0 atom stereocenters. The van der Waals surface area contributed by atoms with Crippen molar-refractivity contribution in [2.24, 2.45) is 0 Å². The summed E-state index contributed by atoms with van der Waals surface area (Å²) in [5, 5.41) is 12.5. The molecule has 1 aromatic carbocycles. The Morgan fingerprint density at radius 3 is 2.45 bits per heavy atom. The summed E-state index contributed by atoms with van der Waals surface area (Å²) in [5.41, 5.74) is 3.03. The molecule has 0 saturated carbocycles. The molecule has 1 aliphatic heterocycles. The first kappa shape index (κ1) is 21.2. The lowest BCUT2D eigenvalue weighted by atomic mass is 9.81. The zero-order valence-corrected chi connectivity index (χ0v) is 18.8. The summed E-state index contributed by atoms with van der Waals surface area (Å²) >= 11 is 1.81. The van der Waals surface area contributed by atoms with E-state index in [0.717, 1.165) is 42.9 Å². The van der Waals surface area contributed by atoms with Gasteiger partial charge in [-0.1, -0.05) is 13.8 Å². The zero-order valence-electron chi connectivity index (χ0n) is 17.9. The van der Waals surface area contributed by atoms with Gasteiger partial charge >= 0.3 is 0 Å². The third kappa shape index (κ3) is 4.13. The van der Waals surface area contributed by atoms with Gasteiger partial charge in [-0.25, -0.2) is 0 Å². The zero-order chi connectivity index (χ0) is 21.2. The summed E-state index contributed by atoms with van der Waals surface area (Å²) in [6, 6.07) is 9.53. The fourth-order valence-electron chi connectivity index (χ4n) is 4.07. The molecule has 0 N–H and O–H groups in total. The number of anilines is 1. The fraction of sp³-hybridized carbons (Fsp3) is 0.435. The molecule has 3 rings (SSSR count). The van der Waals surface area contributed by atoms with E-state index in [-0.39, 0.29) is 16.0 Å². The van der Waals surface area contributed by atoms with Crippen LogP contribution in [0.4, 0.5) is 16.4 Å². The average Bonchev–Trinajstić information content (AvgIpc) is 3.22. The summed E-state index contributed by atoms with van der Waals surface area (Å²) in [5.74, 6) is 0. The first-order valence-electron chi connectivity index (χ1n) is 10.2. The Morgan fingerprint density at radius 2 is 1.83 bits per heavy atom. The number of hydrogen-bond acceptors (Lipinski definition) is 4. The molecular weight excluding hydrogens is 382 g/mol. The second-order valence-corrected chi connectivity index (χ2v) is 9.12. The van der Waals surface area contributed by atoms with Gasteiger partial charge in [-0.15, -0.1) is 11.3 Å². The van der Waals surface area contributed by atoms with Gasteiger partial charge < -0.3 is 4.90 Å². The molecule has 0 unspecified atom stereocenters. The molecule has 0 saturated heterocycles. The van der Waals surface area contributed by atoms with E-state index in [0.29, 0.717) is 0 Å². The second-order valence-electron chi connectivity index (χ2n) is 8.02. The first-order valence-corrected chi connectivity index (χ1v) is 11.0. The van der Waals surface area contributed by atoms with Gasteiger partial charge in [0.2, 0.25) is 5.69 Å². The molecule has 6 heteroatoms. The summed E-state index contributed by atoms with van der Waals surface area (Å²) in [7, 11) is 2.03. The maximum atomic E-state index is 11.2. The van der Waals surface area contributed by atoms with E-state index in [1.807, 2.05) is 24.5 Å². The topological polar surface area (TPSA) is 49.4 Å². The molecule has 154 valence electrons. The first-order chi connectivity index (χ1) is 13.8. The number of thiophene rings is 1. The molecule has 0 spiro atoms. The highest BCUT2D eigenvalue weighted by Crippen LogP contribution is 2.41. The molecule has 2 heterocycles. The van der Waals surface area contributed by atoms with Crippen molar-refractivity contribution < 1.29 is 9.50 Å². The van der Waals surface area contributed by atoms with Crippen molar-refractivity contribution in [3.8, 4) is 0 Å². The van der Waals surface area contributed by atoms with Crippen LogP contribution in [0.2, 0.25) is 0 Å². The van der Waals surface area contributed by atoms with E-state index in [1.54, 1.807) is 12.1 Å². The lowest BCUT2D eigenvalue weighted by molar-refractivity contribution is -0.402. The molecule has 0 fully saturated rings. The minimum Gasteiger partial charge on any atom is -0.363 e. The van der Waals surface area contributed by atoms with Crippen molar-refractivity contribution in [1.82, 2.24) is 0 Å². The van der Waals surface area contributed by atoms with E-state index in [2.05, 4.69) is 61.5 Å². The Labute approximate surface area is 177 Å². The smallest absolute Gasteiger partial charge is 0.270 e. The number of allylic oxidation sites excluding steroid dienone is 1. The van der Waals surface area contributed by atoms with Crippen LogP contribution < -0.4 is 4.90 Å². The van der Waals surface area contributed by atoms with E-state index < -0.39 is 0 Å². The van der Waals surface area contributed by atoms with Crippen LogP contribution in [0.3, 0.4) is 0 Å². The SMILES string of the molecule is CCCN(CCC)c1ccc(C=CC2=[N+](C)c3ccc([N+](=O)[O-])cc3C2(C)C)s1. The van der Waals surface area contributed by atoms with Crippen LogP contribution in [0.1, 0.15) is 51.0 Å². The van der Waals surface area contributed by atoms with Gasteiger partial charge in [0, 0.05) is 47.8 Å². The van der Waals surface area contributed by atoms with Gasteiger partial charge in [-0.05, 0) is 44.9 Å². The Hall–Kier alpha value is -2.47. The van der Waals surface area contributed by atoms with Crippen LogP contribution in [0.5, 0.6) is 0 Å². The number of nitro benzene ring substituents is 1. The van der Waals surface area contributed by atoms with Gasteiger partial charge in [0.15, 0.2) is 5.71 Å². The number of nitrogens with zero attached hydrogens (tertiary/aromatic N) is 3. The van der Waals surface area contributed by atoms with Crippen molar-refractivity contribution in [3.05, 3.63) is 57.0 Å². The minimum absolute atomic E-state index is 0.144. The summed E-state index contributed by atoms with van der Waals surface area (Å²) < 4.78 is 2.14. The van der Waals surface area contributed by atoms with Gasteiger partial charge in [0.05, 0.1) is 15.3 Å². The second kappa shape index (κ2) is 8.49. The molecule has 29 heavy (non-hydrogen) atoms. The van der Waals surface area contributed by atoms with E-state index in [4.69, 9.17) is 0 Å². The lowest BCUT2D eigenvalue weighted by Crippen LogP contribution is -2.26. The van der Waals surface area contributed by atoms with Crippen LogP contribution in [0.15, 0.2) is 36.4 Å². The van der Waals surface area contributed by atoms with Crippen molar-refractivity contribution in [2.75, 3.05) is 25.0 Å². The van der Waals surface area contributed by atoms with E-state index in [9.17, 15) is 10.1 Å². The summed E-state index contributed by atoms with van der Waals surface area (Å²) in [4.78, 5) is 14.6. The third-order valence-electron chi connectivity index (χ3n) is 5.54. The molecule has 5 nitrogen and oxygen atoms in total. The average molecular weight is 413 g/mol. The van der Waals surface area contributed by atoms with Crippen molar-refractivity contribution >= 4 is 39.5 Å². The molecule has 1 aliphatic rings. The van der Waals surface area contributed by atoms with Crippen LogP contribution >= 0.6 is 11.3 Å². The maximum Gasteiger partial charge on any atom is 0.270 e. The highest BCUT2D eigenvalue weighted by molar-refractivity contribution is 7.16. The number of fused-ring (bicyclic) bond motifs is 1. The van der Waals surface area contributed by atoms with Crippen LogP contribution in [-0.4, -0.2) is 35.3 Å². The third-order valence-corrected chi connectivity index (χ3v) is 6.66. The largest absolute Gasteiger partial charge is 0.363 e. The predicted octanol–water partition coefficient (Wildman–Crippen LogP) is 6.00. The van der Waals surface area contributed by atoms with Gasteiger partial charge in [-0.2, -0.15) is 4.58 Å². The van der Waals surface area contributed by atoms with Crippen LogP contribution in [0, 0.1) is 10.1 Å². The molecule has 0 bridgehead atoms. The highest BCUT2D eigenvalue weighted by Gasteiger charge is 2.43. The number of nitro groups is 1. The summed E-state index contributed by atoms with van der Waals surface area (Å²) in [6.07, 6.45) is 6.61. The number of non-ortho nitro benzene ring substituents is 1. The summed E-state index contributed by atoms with van der Waals surface area (Å²) in [6.45, 7) is 10.9. The predicted molar refractivity (Wildman–Crippen MR) is 123 cm³/mol. The van der Waals surface area contributed by atoms with Crippen LogP contribution in [0.25, 0.3) is 6.08 Å². The highest BCUT2D eigenvalue weighted by atomic mass is 32.1. The van der Waals surface area contributed by atoms with E-state index in [1.165, 1.54) is 9.88 Å². The number of rotatable bonds is 8. The van der Waals surface area contributed by atoms with Crippen LogP contribution in [-0.2, 0) is 5.41 Å². The van der Waals surface area contributed by atoms with E-state index >= 15 is 0 Å². The molecular formula is C23H30N3O2S+. The molecule has 0 amide bonds. The normalized spacial score (nSPS) is 15.2. The molecule has 2 aromatic rings. The Morgan fingerprint density at radius 1 is 1.14 bits per heavy atom. The molecule has 0 radical (unpaired) electrons. The number of hydrogen-bond donors (Lipinski definition) is 0. The fourth-order valence-corrected chi connectivity index (χ4v) is 5.03. The Bertz CT molecular complexity index is 966. The quantitative estimate of drug-likeness (QED) is 0.303. The Balaban J connectivity index is 1.87. The number of benzene rings is 1. The van der Waals surface area contributed by atoms with Gasteiger partial charge in [0.25, 0.3) is 5.69 Å². The van der Waals surface area contributed by atoms with Gasteiger partial charge in [-0.3, -0.25) is 10.1 Å². The Kier molecular flexibility index (Phi) is 6.22. The van der Waals surface area contributed by atoms with Gasteiger partial charge in [0.1, 0.15) is 7.05 Å². The van der Waals surface area contributed by atoms with Crippen molar-refractivity contribution in [2.45, 2.75) is 46.0 Å². The van der Waals surface area contributed by atoms with Crippen molar-refractivity contribution in [3.63, 3.8) is 0 Å².